The molecule has 6 heteroatoms. The predicted molar refractivity (Wildman–Crippen MR) is 78.4 cm³/mol. The average molecular weight is 307 g/mol. The Bertz CT molecular complexity index is 564. The molecule has 2 saturated heterocycles. The highest BCUT2D eigenvalue weighted by Gasteiger charge is 2.60. The molecule has 0 radical (unpaired) electrons. The van der Waals surface area contributed by atoms with Gasteiger partial charge in [-0.25, -0.2) is 4.79 Å². The quantitative estimate of drug-likeness (QED) is 0.668. The second-order valence-corrected chi connectivity index (χ2v) is 7.26. The number of carbonyl (C=O) groups excluding carboxylic acids is 2. The standard InChI is InChI=1S/C15H17NO4S/c1-15(9-17)13(16-11(18)7-12(16)21-15)14(19)20-8-10-5-3-2-4-6-10/h2-6,12-13,17H,7-9H2,1H3. The number of rotatable bonds is 4. The molecule has 0 bridgehead atoms. The molecule has 0 aromatic heterocycles. The number of esters is 1. The summed E-state index contributed by atoms with van der Waals surface area (Å²) in [7, 11) is 0. The molecule has 21 heavy (non-hydrogen) atoms. The van der Waals surface area contributed by atoms with Crippen molar-refractivity contribution in [1.29, 1.82) is 0 Å². The minimum atomic E-state index is -0.706. The Hall–Kier alpha value is -1.53. The van der Waals surface area contributed by atoms with Gasteiger partial charge in [0.05, 0.1) is 23.1 Å². The molecule has 0 aliphatic carbocycles. The molecule has 1 N–H and O–H groups in total. The number of carbonyl (C=O) groups is 2. The van der Waals surface area contributed by atoms with Crippen LogP contribution in [0.1, 0.15) is 18.9 Å². The van der Waals surface area contributed by atoms with E-state index >= 15 is 0 Å². The molecule has 2 fully saturated rings. The minimum absolute atomic E-state index is 0.0103. The zero-order valence-electron chi connectivity index (χ0n) is 11.7. The second-order valence-electron chi connectivity index (χ2n) is 5.54. The summed E-state index contributed by atoms with van der Waals surface area (Å²) in [5.74, 6) is -0.496. The third kappa shape index (κ3) is 2.42. The number of nitrogens with zero attached hydrogens (tertiary/aromatic N) is 1. The lowest BCUT2D eigenvalue weighted by molar-refractivity contribution is -0.162. The van der Waals surface area contributed by atoms with Crippen molar-refractivity contribution in [2.45, 2.75) is 36.1 Å². The number of aliphatic hydroxyl groups excluding tert-OH is 1. The highest BCUT2D eigenvalue weighted by atomic mass is 32.2. The van der Waals surface area contributed by atoms with Crippen LogP contribution in [0.3, 0.4) is 0 Å². The van der Waals surface area contributed by atoms with Gasteiger partial charge in [0, 0.05) is 0 Å². The maximum atomic E-state index is 12.4. The molecule has 2 aliphatic rings. The molecule has 0 spiro atoms. The van der Waals surface area contributed by atoms with Crippen LogP contribution in [0.2, 0.25) is 0 Å². The molecule has 1 aromatic carbocycles. The third-order valence-electron chi connectivity index (χ3n) is 3.97. The number of thioether (sulfide) groups is 1. The molecule has 1 aromatic rings. The van der Waals surface area contributed by atoms with E-state index in [1.165, 1.54) is 11.8 Å². The number of hydrogen-bond donors (Lipinski definition) is 1. The van der Waals surface area contributed by atoms with Crippen LogP contribution in [0, 0.1) is 0 Å². The summed E-state index contributed by atoms with van der Waals surface area (Å²) < 4.78 is 4.66. The SMILES string of the molecule is CC1(CO)SC2CC(=O)N2C1C(=O)OCc1ccccc1. The summed E-state index contributed by atoms with van der Waals surface area (Å²) in [4.78, 5) is 25.7. The van der Waals surface area contributed by atoms with E-state index in [0.29, 0.717) is 6.42 Å². The summed E-state index contributed by atoms with van der Waals surface area (Å²) in [6.45, 7) is 1.82. The van der Waals surface area contributed by atoms with Crippen molar-refractivity contribution in [2.75, 3.05) is 6.61 Å². The summed E-state index contributed by atoms with van der Waals surface area (Å²) in [6.07, 6.45) is 0.433. The zero-order valence-corrected chi connectivity index (χ0v) is 12.5. The Balaban J connectivity index is 1.71. The number of fused-ring (bicyclic) bond motifs is 1. The van der Waals surface area contributed by atoms with Crippen LogP contribution >= 0.6 is 11.8 Å². The smallest absolute Gasteiger partial charge is 0.330 e. The fourth-order valence-corrected chi connectivity index (χ4v) is 4.39. The van der Waals surface area contributed by atoms with E-state index in [4.69, 9.17) is 4.74 Å². The predicted octanol–water partition coefficient (Wildman–Crippen LogP) is 1.15. The van der Waals surface area contributed by atoms with Crippen LogP contribution in [0.5, 0.6) is 0 Å². The van der Waals surface area contributed by atoms with Crippen LogP contribution in [0.4, 0.5) is 0 Å². The van der Waals surface area contributed by atoms with Gasteiger partial charge in [-0.3, -0.25) is 4.79 Å². The first-order valence-corrected chi connectivity index (χ1v) is 7.73. The normalized spacial score (nSPS) is 30.8. The Kier molecular flexibility index (Phi) is 3.67. The highest BCUT2D eigenvalue weighted by Crippen LogP contribution is 2.50. The number of aliphatic hydroxyl groups is 1. The monoisotopic (exact) mass is 307 g/mol. The Morgan fingerprint density at radius 1 is 1.48 bits per heavy atom. The van der Waals surface area contributed by atoms with Crippen LogP contribution in [-0.4, -0.2) is 44.7 Å². The summed E-state index contributed by atoms with van der Waals surface area (Å²) in [5, 5.41) is 9.60. The first-order valence-electron chi connectivity index (χ1n) is 6.85. The van der Waals surface area contributed by atoms with E-state index in [-0.39, 0.29) is 24.5 Å². The van der Waals surface area contributed by atoms with E-state index in [9.17, 15) is 14.7 Å². The highest BCUT2D eigenvalue weighted by molar-refractivity contribution is 8.01. The second kappa shape index (κ2) is 5.35. The van der Waals surface area contributed by atoms with Crippen molar-refractivity contribution in [3.63, 3.8) is 0 Å². The van der Waals surface area contributed by atoms with Crippen LogP contribution in [-0.2, 0) is 20.9 Å². The van der Waals surface area contributed by atoms with Gasteiger partial charge in [0.15, 0.2) is 0 Å². The molecule has 5 nitrogen and oxygen atoms in total. The fourth-order valence-electron chi connectivity index (χ4n) is 2.77. The van der Waals surface area contributed by atoms with E-state index in [1.54, 1.807) is 11.8 Å². The third-order valence-corrected chi connectivity index (χ3v) is 5.53. The first-order chi connectivity index (χ1) is 10.0. The van der Waals surface area contributed by atoms with E-state index in [2.05, 4.69) is 0 Å². The van der Waals surface area contributed by atoms with Gasteiger partial charge in [-0.05, 0) is 12.5 Å². The summed E-state index contributed by atoms with van der Waals surface area (Å²) in [6, 6.07) is 8.69. The topological polar surface area (TPSA) is 66.8 Å². The minimum Gasteiger partial charge on any atom is -0.459 e. The molecule has 0 saturated carbocycles. The molecule has 112 valence electrons. The van der Waals surface area contributed by atoms with Crippen LogP contribution in [0.15, 0.2) is 30.3 Å². The lowest BCUT2D eigenvalue weighted by Gasteiger charge is -2.37. The Morgan fingerprint density at radius 2 is 2.19 bits per heavy atom. The summed E-state index contributed by atoms with van der Waals surface area (Å²) >= 11 is 1.48. The molecule has 3 atom stereocenters. The summed E-state index contributed by atoms with van der Waals surface area (Å²) in [5.41, 5.74) is 0.897. The maximum absolute atomic E-state index is 12.4. The van der Waals surface area contributed by atoms with Crippen molar-refractivity contribution in [3.05, 3.63) is 35.9 Å². The Labute approximate surface area is 127 Å². The van der Waals surface area contributed by atoms with Crippen molar-refractivity contribution >= 4 is 23.6 Å². The van der Waals surface area contributed by atoms with Gasteiger partial charge < -0.3 is 14.7 Å². The average Bonchev–Trinajstić information content (AvgIpc) is 2.74. The molecular formula is C15H17NO4S. The fraction of sp³-hybridized carbons (Fsp3) is 0.467. The molecule has 1 amide bonds. The molecule has 2 aliphatic heterocycles. The van der Waals surface area contributed by atoms with E-state index in [0.717, 1.165) is 5.56 Å². The molecular weight excluding hydrogens is 290 g/mol. The maximum Gasteiger partial charge on any atom is 0.330 e. The van der Waals surface area contributed by atoms with Crippen molar-refractivity contribution < 1.29 is 19.4 Å². The van der Waals surface area contributed by atoms with Gasteiger partial charge in [-0.1, -0.05) is 30.3 Å². The van der Waals surface area contributed by atoms with Gasteiger partial charge >= 0.3 is 5.97 Å². The van der Waals surface area contributed by atoms with Crippen molar-refractivity contribution in [2.24, 2.45) is 0 Å². The molecule has 3 unspecified atom stereocenters. The van der Waals surface area contributed by atoms with E-state index < -0.39 is 16.8 Å². The van der Waals surface area contributed by atoms with Crippen molar-refractivity contribution in [1.82, 2.24) is 4.90 Å². The lowest BCUT2D eigenvalue weighted by atomic mass is 9.97. The van der Waals surface area contributed by atoms with Crippen LogP contribution < -0.4 is 0 Å². The van der Waals surface area contributed by atoms with E-state index in [1.807, 2.05) is 30.3 Å². The number of ether oxygens (including phenoxy) is 1. The number of amides is 1. The van der Waals surface area contributed by atoms with Gasteiger partial charge in [0.1, 0.15) is 12.6 Å². The van der Waals surface area contributed by atoms with Gasteiger partial charge in [0.25, 0.3) is 0 Å². The number of benzene rings is 1. The first kappa shape index (κ1) is 14.4. The van der Waals surface area contributed by atoms with Gasteiger partial charge in [-0.2, -0.15) is 0 Å². The zero-order chi connectivity index (χ0) is 15.0. The van der Waals surface area contributed by atoms with Gasteiger partial charge in [0.2, 0.25) is 5.91 Å². The molecule has 3 rings (SSSR count). The number of hydrogen-bond acceptors (Lipinski definition) is 5. The lowest BCUT2D eigenvalue weighted by Crippen LogP contribution is -2.58. The molecule has 2 heterocycles. The van der Waals surface area contributed by atoms with Gasteiger partial charge in [-0.15, -0.1) is 11.8 Å². The largest absolute Gasteiger partial charge is 0.459 e. The Morgan fingerprint density at radius 3 is 2.81 bits per heavy atom. The van der Waals surface area contributed by atoms with Crippen LogP contribution in [0.25, 0.3) is 0 Å². The van der Waals surface area contributed by atoms with Crippen molar-refractivity contribution in [3.8, 4) is 0 Å². The number of β-lactam (4-membered cyclic amide) rings is 1.